The molecule has 0 saturated heterocycles. The largest absolute Gasteiger partial charge is 0.398 e. The molecule has 0 atom stereocenters. The highest BCUT2D eigenvalue weighted by atomic mass is 15.1. The fourth-order valence-corrected chi connectivity index (χ4v) is 2.67. The Kier molecular flexibility index (Phi) is 2.13. The topological polar surface area (TPSA) is 43.8 Å². The predicted octanol–water partition coefficient (Wildman–Crippen LogP) is 3.04. The molecule has 3 nitrogen and oxygen atoms in total. The van der Waals surface area contributed by atoms with E-state index in [2.05, 4.69) is 21.7 Å². The minimum atomic E-state index is 0.632. The number of hydrogen-bond donors (Lipinski definition) is 1. The fourth-order valence-electron chi connectivity index (χ4n) is 2.67. The first kappa shape index (κ1) is 9.70. The van der Waals surface area contributed by atoms with Crippen LogP contribution in [0.15, 0.2) is 18.5 Å². The van der Waals surface area contributed by atoms with Gasteiger partial charge in [-0.15, -0.1) is 0 Å². The van der Waals surface area contributed by atoms with Crippen molar-refractivity contribution < 1.29 is 0 Å². The number of fused-ring (bicyclic) bond motifs is 1. The Labute approximate surface area is 95.3 Å². The van der Waals surface area contributed by atoms with Crippen LogP contribution < -0.4 is 5.73 Å². The van der Waals surface area contributed by atoms with Crippen LogP contribution in [0.3, 0.4) is 0 Å². The third-order valence-corrected chi connectivity index (χ3v) is 3.68. The Bertz CT molecular complexity index is 521. The lowest BCUT2D eigenvalue weighted by Crippen LogP contribution is -2.03. The molecule has 0 unspecified atom stereocenters. The van der Waals surface area contributed by atoms with Gasteiger partial charge < -0.3 is 10.3 Å². The molecule has 0 amide bonds. The molecule has 1 fully saturated rings. The summed E-state index contributed by atoms with van der Waals surface area (Å²) < 4.78 is 2.30. The molecule has 1 aromatic carbocycles. The maximum atomic E-state index is 5.97. The molecule has 1 heterocycles. The van der Waals surface area contributed by atoms with Crippen LogP contribution in [0.5, 0.6) is 0 Å². The zero-order chi connectivity index (χ0) is 11.1. The second-order valence-corrected chi connectivity index (χ2v) is 4.79. The molecular formula is C13H17N3. The van der Waals surface area contributed by atoms with Gasteiger partial charge in [-0.3, -0.25) is 0 Å². The summed E-state index contributed by atoms with van der Waals surface area (Å²) in [6.45, 7) is 2.03. The average Bonchev–Trinajstić information content (AvgIpc) is 2.87. The van der Waals surface area contributed by atoms with Crippen molar-refractivity contribution in [1.82, 2.24) is 9.55 Å². The van der Waals surface area contributed by atoms with Crippen LogP contribution >= 0.6 is 0 Å². The normalized spacial score (nSPS) is 17.3. The first-order valence-electron chi connectivity index (χ1n) is 5.98. The van der Waals surface area contributed by atoms with Crippen LogP contribution in [0.4, 0.5) is 5.69 Å². The van der Waals surface area contributed by atoms with E-state index in [1.807, 2.05) is 13.3 Å². The van der Waals surface area contributed by atoms with Crippen molar-refractivity contribution in [2.24, 2.45) is 0 Å². The molecule has 1 saturated carbocycles. The van der Waals surface area contributed by atoms with Crippen molar-refractivity contribution in [2.75, 3.05) is 5.73 Å². The smallest absolute Gasteiger partial charge is 0.0960 e. The molecule has 1 aliphatic carbocycles. The SMILES string of the molecule is Cc1cc2ncn(C3CCCC3)c2cc1N. The van der Waals surface area contributed by atoms with Crippen molar-refractivity contribution in [3.8, 4) is 0 Å². The number of rotatable bonds is 1. The minimum Gasteiger partial charge on any atom is -0.398 e. The average molecular weight is 215 g/mol. The number of anilines is 1. The molecule has 3 rings (SSSR count). The summed E-state index contributed by atoms with van der Waals surface area (Å²) >= 11 is 0. The quantitative estimate of drug-likeness (QED) is 0.743. The van der Waals surface area contributed by atoms with Crippen LogP contribution in [-0.4, -0.2) is 9.55 Å². The van der Waals surface area contributed by atoms with Gasteiger partial charge in [-0.2, -0.15) is 0 Å². The van der Waals surface area contributed by atoms with Gasteiger partial charge in [0.2, 0.25) is 0 Å². The van der Waals surface area contributed by atoms with Gasteiger partial charge in [0.15, 0.2) is 0 Å². The third kappa shape index (κ3) is 1.39. The monoisotopic (exact) mass is 215 g/mol. The molecule has 1 aliphatic rings. The van der Waals surface area contributed by atoms with Gasteiger partial charge in [0, 0.05) is 11.7 Å². The van der Waals surface area contributed by atoms with E-state index in [9.17, 15) is 0 Å². The number of benzene rings is 1. The Balaban J connectivity index is 2.15. The van der Waals surface area contributed by atoms with Gasteiger partial charge in [0.1, 0.15) is 0 Å². The third-order valence-electron chi connectivity index (χ3n) is 3.68. The number of imidazole rings is 1. The highest BCUT2D eigenvalue weighted by Gasteiger charge is 2.18. The highest BCUT2D eigenvalue weighted by molar-refractivity contribution is 5.81. The summed E-state index contributed by atoms with van der Waals surface area (Å²) in [5, 5.41) is 0. The zero-order valence-electron chi connectivity index (χ0n) is 9.61. The van der Waals surface area contributed by atoms with Gasteiger partial charge >= 0.3 is 0 Å². The number of nitrogens with zero attached hydrogens (tertiary/aromatic N) is 2. The van der Waals surface area contributed by atoms with E-state index in [4.69, 9.17) is 5.73 Å². The lowest BCUT2D eigenvalue weighted by atomic mass is 10.1. The van der Waals surface area contributed by atoms with E-state index < -0.39 is 0 Å². The summed E-state index contributed by atoms with van der Waals surface area (Å²) in [7, 11) is 0. The molecule has 0 radical (unpaired) electrons. The van der Waals surface area contributed by atoms with Crippen molar-refractivity contribution in [1.29, 1.82) is 0 Å². The first-order chi connectivity index (χ1) is 7.75. The van der Waals surface area contributed by atoms with Crippen LogP contribution in [0.2, 0.25) is 0 Å². The molecule has 16 heavy (non-hydrogen) atoms. The maximum absolute atomic E-state index is 5.97. The summed E-state index contributed by atoms with van der Waals surface area (Å²) in [4.78, 5) is 4.47. The fraction of sp³-hybridized carbons (Fsp3) is 0.462. The standard InChI is InChI=1S/C13H17N3/c1-9-6-12-13(7-11(9)14)16(8-15-12)10-4-2-3-5-10/h6-8,10H,2-5,14H2,1H3. The molecule has 0 aliphatic heterocycles. The Morgan fingerprint density at radius 2 is 2.06 bits per heavy atom. The zero-order valence-corrected chi connectivity index (χ0v) is 9.61. The van der Waals surface area contributed by atoms with E-state index in [1.165, 1.54) is 31.2 Å². The van der Waals surface area contributed by atoms with Crippen LogP contribution in [0, 0.1) is 6.92 Å². The Morgan fingerprint density at radius 1 is 1.31 bits per heavy atom. The summed E-state index contributed by atoms with van der Waals surface area (Å²) in [6.07, 6.45) is 7.20. The highest BCUT2D eigenvalue weighted by Crippen LogP contribution is 2.32. The van der Waals surface area contributed by atoms with Crippen LogP contribution in [0.1, 0.15) is 37.3 Å². The summed E-state index contributed by atoms with van der Waals surface area (Å²) in [6, 6.07) is 4.78. The van der Waals surface area contributed by atoms with E-state index in [1.54, 1.807) is 0 Å². The molecule has 3 heteroatoms. The molecule has 0 spiro atoms. The van der Waals surface area contributed by atoms with Crippen LogP contribution in [-0.2, 0) is 0 Å². The Hall–Kier alpha value is -1.51. The van der Waals surface area contributed by atoms with Gasteiger partial charge in [-0.1, -0.05) is 12.8 Å². The number of nitrogen functional groups attached to an aromatic ring is 1. The van der Waals surface area contributed by atoms with Gasteiger partial charge in [-0.05, 0) is 37.5 Å². The predicted molar refractivity (Wildman–Crippen MR) is 66.4 cm³/mol. The lowest BCUT2D eigenvalue weighted by Gasteiger charge is -2.12. The number of aromatic nitrogens is 2. The first-order valence-corrected chi connectivity index (χ1v) is 5.98. The van der Waals surface area contributed by atoms with Crippen molar-refractivity contribution >= 4 is 16.7 Å². The van der Waals surface area contributed by atoms with Crippen molar-refractivity contribution in [3.63, 3.8) is 0 Å². The molecule has 84 valence electrons. The van der Waals surface area contributed by atoms with Crippen molar-refractivity contribution in [2.45, 2.75) is 38.6 Å². The number of aryl methyl sites for hydroxylation is 1. The number of hydrogen-bond acceptors (Lipinski definition) is 2. The maximum Gasteiger partial charge on any atom is 0.0960 e. The van der Waals surface area contributed by atoms with E-state index in [0.29, 0.717) is 6.04 Å². The summed E-state index contributed by atoms with van der Waals surface area (Å²) in [5.74, 6) is 0. The van der Waals surface area contributed by atoms with Gasteiger partial charge in [0.25, 0.3) is 0 Å². The van der Waals surface area contributed by atoms with Crippen LogP contribution in [0.25, 0.3) is 11.0 Å². The van der Waals surface area contributed by atoms with Gasteiger partial charge in [-0.25, -0.2) is 4.98 Å². The molecule has 2 aromatic rings. The van der Waals surface area contributed by atoms with E-state index in [0.717, 1.165) is 16.8 Å². The van der Waals surface area contributed by atoms with E-state index in [-0.39, 0.29) is 0 Å². The molecule has 1 aromatic heterocycles. The molecule has 2 N–H and O–H groups in total. The van der Waals surface area contributed by atoms with Crippen molar-refractivity contribution in [3.05, 3.63) is 24.0 Å². The molecular weight excluding hydrogens is 198 g/mol. The summed E-state index contributed by atoms with van der Waals surface area (Å²) in [5.41, 5.74) is 10.2. The molecule has 0 bridgehead atoms. The second kappa shape index (κ2) is 3.51. The minimum absolute atomic E-state index is 0.632. The van der Waals surface area contributed by atoms with E-state index >= 15 is 0 Å². The number of nitrogens with two attached hydrogens (primary N) is 1. The Morgan fingerprint density at radius 3 is 2.81 bits per heavy atom. The lowest BCUT2D eigenvalue weighted by molar-refractivity contribution is 0.532. The second-order valence-electron chi connectivity index (χ2n) is 4.79. The van der Waals surface area contributed by atoms with Gasteiger partial charge in [0.05, 0.1) is 17.4 Å².